The highest BCUT2D eigenvalue weighted by Crippen LogP contribution is 2.37. The number of aromatic nitrogens is 2. The summed E-state index contributed by atoms with van der Waals surface area (Å²) in [6.07, 6.45) is 5.44. The lowest BCUT2D eigenvalue weighted by Gasteiger charge is -2.25. The fraction of sp³-hybridized carbons (Fsp3) is 0.353. The van der Waals surface area contributed by atoms with Crippen molar-refractivity contribution in [3.8, 4) is 0 Å². The number of anilines is 1. The molecule has 3 N–H and O–H groups in total. The predicted octanol–water partition coefficient (Wildman–Crippen LogP) is 3.04. The maximum absolute atomic E-state index is 12.0. The number of carbonyl (C=O) groups is 1. The molecule has 2 aromatic rings. The average Bonchev–Trinajstić information content (AvgIpc) is 3.39. The van der Waals surface area contributed by atoms with Crippen LogP contribution in [0.5, 0.6) is 0 Å². The monoisotopic (exact) mass is 346 g/mol. The van der Waals surface area contributed by atoms with Gasteiger partial charge in [-0.15, -0.1) is 0 Å². The van der Waals surface area contributed by atoms with Crippen LogP contribution in [0, 0.1) is 0 Å². The standard InChI is InChI=1S/C17H19ClN4O2/c1-17(24,13-4-2-3-5-14(13)18)10-21-16(23)22-12-8-19-15(20-9-12)11-6-7-11/h2-5,8-9,11,24H,6-7,10H2,1H3,(H2,21,22,23)/t17-/m0/s1. The molecule has 7 heteroatoms. The zero-order valence-corrected chi connectivity index (χ0v) is 14.0. The minimum atomic E-state index is -1.28. The van der Waals surface area contributed by atoms with Crippen molar-refractivity contribution in [1.82, 2.24) is 15.3 Å². The number of aliphatic hydroxyl groups is 1. The van der Waals surface area contributed by atoms with Crippen LogP contribution in [0.3, 0.4) is 0 Å². The van der Waals surface area contributed by atoms with Crippen LogP contribution >= 0.6 is 11.6 Å². The molecular formula is C17H19ClN4O2. The van der Waals surface area contributed by atoms with Crippen molar-refractivity contribution in [3.05, 3.63) is 53.1 Å². The van der Waals surface area contributed by atoms with Gasteiger partial charge in [0.15, 0.2) is 0 Å². The van der Waals surface area contributed by atoms with Crippen molar-refractivity contribution >= 4 is 23.3 Å². The van der Waals surface area contributed by atoms with Crippen LogP contribution in [0.2, 0.25) is 5.02 Å². The summed E-state index contributed by atoms with van der Waals surface area (Å²) in [5.74, 6) is 1.29. The molecule has 0 aliphatic heterocycles. The van der Waals surface area contributed by atoms with Gasteiger partial charge in [0.1, 0.15) is 11.4 Å². The smallest absolute Gasteiger partial charge is 0.319 e. The molecule has 1 aliphatic carbocycles. The zero-order valence-electron chi connectivity index (χ0n) is 13.3. The molecule has 1 aromatic carbocycles. The topological polar surface area (TPSA) is 87.1 Å². The van der Waals surface area contributed by atoms with Gasteiger partial charge in [-0.3, -0.25) is 0 Å². The van der Waals surface area contributed by atoms with E-state index in [2.05, 4.69) is 20.6 Å². The third-order valence-electron chi connectivity index (χ3n) is 3.92. The van der Waals surface area contributed by atoms with Gasteiger partial charge in [0.05, 0.1) is 24.6 Å². The van der Waals surface area contributed by atoms with Crippen LogP contribution in [-0.2, 0) is 5.60 Å². The Hall–Kier alpha value is -2.18. The van der Waals surface area contributed by atoms with Crippen LogP contribution in [-0.4, -0.2) is 27.7 Å². The molecule has 1 heterocycles. The van der Waals surface area contributed by atoms with Gasteiger partial charge in [0.25, 0.3) is 0 Å². The molecule has 0 spiro atoms. The number of nitrogens with zero attached hydrogens (tertiary/aromatic N) is 2. The van der Waals surface area contributed by atoms with Gasteiger partial charge in [-0.25, -0.2) is 14.8 Å². The van der Waals surface area contributed by atoms with Crippen LogP contribution < -0.4 is 10.6 Å². The van der Waals surface area contributed by atoms with E-state index in [1.807, 2.05) is 0 Å². The van der Waals surface area contributed by atoms with Gasteiger partial charge in [0, 0.05) is 16.5 Å². The number of benzene rings is 1. The number of rotatable bonds is 5. The maximum Gasteiger partial charge on any atom is 0.319 e. The van der Waals surface area contributed by atoms with Gasteiger partial charge >= 0.3 is 6.03 Å². The molecular weight excluding hydrogens is 328 g/mol. The average molecular weight is 347 g/mol. The second kappa shape index (κ2) is 6.75. The molecule has 1 aliphatic rings. The lowest BCUT2D eigenvalue weighted by atomic mass is 9.96. The predicted molar refractivity (Wildman–Crippen MR) is 92.1 cm³/mol. The highest BCUT2D eigenvalue weighted by atomic mass is 35.5. The summed E-state index contributed by atoms with van der Waals surface area (Å²) in [4.78, 5) is 20.5. The third kappa shape index (κ3) is 4.01. The first kappa shape index (κ1) is 16.7. The van der Waals surface area contributed by atoms with E-state index in [-0.39, 0.29) is 6.54 Å². The summed E-state index contributed by atoms with van der Waals surface area (Å²) in [6.45, 7) is 1.62. The highest BCUT2D eigenvalue weighted by Gasteiger charge is 2.27. The Labute approximate surface area is 145 Å². The van der Waals surface area contributed by atoms with Crippen molar-refractivity contribution in [2.45, 2.75) is 31.3 Å². The Kier molecular flexibility index (Phi) is 4.69. The number of hydrogen-bond donors (Lipinski definition) is 3. The normalized spacial score (nSPS) is 16.3. The summed E-state index contributed by atoms with van der Waals surface area (Å²) in [5.41, 5.74) is -0.208. The van der Waals surface area contributed by atoms with Crippen molar-refractivity contribution in [3.63, 3.8) is 0 Å². The Bertz CT molecular complexity index is 730. The van der Waals surface area contributed by atoms with E-state index < -0.39 is 11.6 Å². The number of urea groups is 1. The summed E-state index contributed by atoms with van der Waals surface area (Å²) >= 11 is 6.09. The van der Waals surface area contributed by atoms with Crippen LogP contribution in [0.4, 0.5) is 10.5 Å². The molecule has 1 fully saturated rings. The fourth-order valence-corrected chi connectivity index (χ4v) is 2.72. The van der Waals surface area contributed by atoms with Crippen LogP contribution in [0.1, 0.15) is 37.1 Å². The molecule has 2 amide bonds. The Balaban J connectivity index is 1.55. The summed E-state index contributed by atoms with van der Waals surface area (Å²) in [7, 11) is 0. The van der Waals surface area contributed by atoms with E-state index in [1.165, 1.54) is 0 Å². The number of carbonyl (C=O) groups excluding carboxylic acids is 1. The van der Waals surface area contributed by atoms with Gasteiger partial charge in [-0.2, -0.15) is 0 Å². The van der Waals surface area contributed by atoms with E-state index >= 15 is 0 Å². The molecule has 0 unspecified atom stereocenters. The molecule has 24 heavy (non-hydrogen) atoms. The largest absolute Gasteiger partial charge is 0.384 e. The Morgan fingerprint density at radius 1 is 1.33 bits per heavy atom. The van der Waals surface area contributed by atoms with E-state index in [0.29, 0.717) is 22.2 Å². The third-order valence-corrected chi connectivity index (χ3v) is 4.25. The first-order chi connectivity index (χ1) is 11.5. The van der Waals surface area contributed by atoms with Crippen molar-refractivity contribution in [2.75, 3.05) is 11.9 Å². The molecule has 126 valence electrons. The molecule has 1 aromatic heterocycles. The van der Waals surface area contributed by atoms with Gasteiger partial charge in [0.2, 0.25) is 0 Å². The fourth-order valence-electron chi connectivity index (χ4n) is 2.38. The van der Waals surface area contributed by atoms with Crippen molar-refractivity contribution in [1.29, 1.82) is 0 Å². The summed E-state index contributed by atoms with van der Waals surface area (Å²) in [6, 6.07) is 6.56. The molecule has 1 saturated carbocycles. The number of halogens is 1. The van der Waals surface area contributed by atoms with E-state index in [0.717, 1.165) is 18.7 Å². The Morgan fingerprint density at radius 3 is 2.62 bits per heavy atom. The summed E-state index contributed by atoms with van der Waals surface area (Å²) in [5, 5.41) is 16.3. The first-order valence-electron chi connectivity index (χ1n) is 7.80. The van der Waals surface area contributed by atoms with E-state index in [9.17, 15) is 9.90 Å². The number of hydrogen-bond acceptors (Lipinski definition) is 4. The zero-order chi connectivity index (χ0) is 17.2. The number of amides is 2. The maximum atomic E-state index is 12.0. The molecule has 3 rings (SSSR count). The second-order valence-corrected chi connectivity index (χ2v) is 6.57. The summed E-state index contributed by atoms with van der Waals surface area (Å²) < 4.78 is 0. The van der Waals surface area contributed by atoms with E-state index in [1.54, 1.807) is 43.6 Å². The molecule has 1 atom stereocenters. The Morgan fingerprint density at radius 2 is 2.00 bits per heavy atom. The SMILES string of the molecule is C[C@](O)(CNC(=O)Nc1cnc(C2CC2)nc1)c1ccccc1Cl. The minimum Gasteiger partial charge on any atom is -0.384 e. The highest BCUT2D eigenvalue weighted by molar-refractivity contribution is 6.31. The van der Waals surface area contributed by atoms with Gasteiger partial charge in [-0.1, -0.05) is 29.8 Å². The van der Waals surface area contributed by atoms with Crippen molar-refractivity contribution in [2.24, 2.45) is 0 Å². The quantitative estimate of drug-likeness (QED) is 0.776. The minimum absolute atomic E-state index is 0.0174. The van der Waals surface area contributed by atoms with Gasteiger partial charge < -0.3 is 15.7 Å². The lowest BCUT2D eigenvalue weighted by Crippen LogP contribution is -2.40. The van der Waals surface area contributed by atoms with E-state index in [4.69, 9.17) is 11.6 Å². The molecule has 0 saturated heterocycles. The lowest BCUT2D eigenvalue weighted by molar-refractivity contribution is 0.0600. The first-order valence-corrected chi connectivity index (χ1v) is 8.18. The molecule has 0 bridgehead atoms. The van der Waals surface area contributed by atoms with Crippen LogP contribution in [0.25, 0.3) is 0 Å². The molecule has 0 radical (unpaired) electrons. The number of nitrogens with one attached hydrogen (secondary N) is 2. The van der Waals surface area contributed by atoms with Crippen molar-refractivity contribution < 1.29 is 9.90 Å². The van der Waals surface area contributed by atoms with Crippen LogP contribution in [0.15, 0.2) is 36.7 Å². The molecule has 6 nitrogen and oxygen atoms in total. The second-order valence-electron chi connectivity index (χ2n) is 6.17. The van der Waals surface area contributed by atoms with Gasteiger partial charge in [-0.05, 0) is 25.8 Å².